The van der Waals surface area contributed by atoms with Crippen LogP contribution in [0, 0.1) is 0 Å². The zero-order chi connectivity index (χ0) is 18.4. The Morgan fingerprint density at radius 1 is 1.15 bits per heavy atom. The number of aromatic nitrogens is 3. The number of hydrogen-bond donors (Lipinski definition) is 1. The van der Waals surface area contributed by atoms with Gasteiger partial charge in [0.1, 0.15) is 17.9 Å². The Hall–Kier alpha value is -2.47. The molecule has 5 nitrogen and oxygen atoms in total. The van der Waals surface area contributed by atoms with E-state index in [4.69, 9.17) is 0 Å². The minimum atomic E-state index is -0.281. The molecule has 0 aliphatic heterocycles. The van der Waals surface area contributed by atoms with Crippen LogP contribution in [-0.4, -0.2) is 32.0 Å². The summed E-state index contributed by atoms with van der Waals surface area (Å²) in [6.45, 7) is 0. The first kappa shape index (κ1) is 18.3. The van der Waals surface area contributed by atoms with Gasteiger partial charge >= 0.3 is 0 Å². The zero-order valence-electron chi connectivity index (χ0n) is 15.1. The van der Waals surface area contributed by atoms with E-state index in [0.717, 1.165) is 23.6 Å². The van der Waals surface area contributed by atoms with Gasteiger partial charge in [-0.2, -0.15) is 11.8 Å². The van der Waals surface area contributed by atoms with E-state index in [-0.39, 0.29) is 18.0 Å². The number of rotatable bonds is 8. The Balaban J connectivity index is 1.88. The Kier molecular flexibility index (Phi) is 6.17. The van der Waals surface area contributed by atoms with E-state index in [0.29, 0.717) is 0 Å². The average Bonchev–Trinajstić information content (AvgIpc) is 3.33. The summed E-state index contributed by atoms with van der Waals surface area (Å²) in [4.78, 5) is 17.6. The number of imidazole rings is 1. The van der Waals surface area contributed by atoms with Crippen LogP contribution in [0.4, 0.5) is 0 Å². The number of hydrogen-bond acceptors (Lipinski definition) is 3. The third-order valence-corrected chi connectivity index (χ3v) is 5.07. The lowest BCUT2D eigenvalue weighted by Crippen LogP contribution is -2.37. The molecule has 0 spiro atoms. The lowest BCUT2D eigenvalue weighted by atomic mass is 10.1. The fraction of sp³-hybridized carbons (Fsp3) is 0.300. The van der Waals surface area contributed by atoms with Gasteiger partial charge < -0.3 is 14.5 Å². The van der Waals surface area contributed by atoms with Gasteiger partial charge in [0, 0.05) is 31.8 Å². The topological polar surface area (TPSA) is 51.9 Å². The fourth-order valence-corrected chi connectivity index (χ4v) is 3.50. The molecule has 6 heteroatoms. The number of amides is 1. The molecule has 0 saturated heterocycles. The Morgan fingerprint density at radius 3 is 2.50 bits per heavy atom. The number of carbonyl (C=O) groups is 1. The van der Waals surface area contributed by atoms with Crippen molar-refractivity contribution in [2.75, 3.05) is 12.0 Å². The number of nitrogens with zero attached hydrogens (tertiary/aromatic N) is 3. The summed E-state index contributed by atoms with van der Waals surface area (Å²) in [5.41, 5.74) is 1.02. The maximum absolute atomic E-state index is 13.2. The second-order valence-corrected chi connectivity index (χ2v) is 7.16. The van der Waals surface area contributed by atoms with Gasteiger partial charge in [0.25, 0.3) is 0 Å². The van der Waals surface area contributed by atoms with E-state index >= 15 is 0 Å². The second-order valence-electron chi connectivity index (χ2n) is 6.18. The van der Waals surface area contributed by atoms with E-state index in [1.165, 1.54) is 0 Å². The van der Waals surface area contributed by atoms with Gasteiger partial charge in [-0.15, -0.1) is 0 Å². The Morgan fingerprint density at radius 2 is 1.88 bits per heavy atom. The average molecular weight is 369 g/mol. The summed E-state index contributed by atoms with van der Waals surface area (Å²) >= 11 is 1.75. The maximum Gasteiger partial charge on any atom is 0.243 e. The first-order chi connectivity index (χ1) is 12.7. The van der Waals surface area contributed by atoms with Gasteiger partial charge in [-0.3, -0.25) is 4.79 Å². The van der Waals surface area contributed by atoms with E-state index in [2.05, 4.69) is 16.6 Å². The van der Waals surface area contributed by atoms with Crippen molar-refractivity contribution in [2.45, 2.75) is 18.5 Å². The van der Waals surface area contributed by atoms with Crippen LogP contribution in [0.25, 0.3) is 0 Å². The molecule has 1 aromatic carbocycles. The molecule has 1 amide bonds. The molecule has 3 aromatic rings. The van der Waals surface area contributed by atoms with Crippen molar-refractivity contribution < 1.29 is 4.79 Å². The summed E-state index contributed by atoms with van der Waals surface area (Å²) in [7, 11) is 1.95. The predicted molar refractivity (Wildman–Crippen MR) is 106 cm³/mol. The molecule has 2 atom stereocenters. The van der Waals surface area contributed by atoms with Crippen molar-refractivity contribution in [3.8, 4) is 0 Å². The first-order valence-corrected chi connectivity index (χ1v) is 10.0. The van der Waals surface area contributed by atoms with Gasteiger partial charge in [-0.05, 0) is 36.1 Å². The highest BCUT2D eigenvalue weighted by Gasteiger charge is 2.26. The molecule has 136 valence electrons. The van der Waals surface area contributed by atoms with E-state index in [1.54, 1.807) is 18.0 Å². The molecule has 2 unspecified atom stereocenters. The first-order valence-electron chi connectivity index (χ1n) is 8.64. The van der Waals surface area contributed by atoms with Crippen molar-refractivity contribution in [1.29, 1.82) is 0 Å². The molecule has 2 aromatic heterocycles. The van der Waals surface area contributed by atoms with Crippen molar-refractivity contribution in [3.63, 3.8) is 0 Å². The molecule has 0 aliphatic rings. The smallest absolute Gasteiger partial charge is 0.243 e. The zero-order valence-corrected chi connectivity index (χ0v) is 15.9. The SMILES string of the molecule is CSCCC(C(=O)NC(c1ccccc1)c1nccn1C)n1cccc1. The number of benzene rings is 1. The van der Waals surface area contributed by atoms with Gasteiger partial charge in [0.15, 0.2) is 0 Å². The van der Waals surface area contributed by atoms with Crippen LogP contribution < -0.4 is 5.32 Å². The minimum Gasteiger partial charge on any atom is -0.342 e. The molecular formula is C20H24N4OS. The lowest BCUT2D eigenvalue weighted by Gasteiger charge is -2.24. The van der Waals surface area contributed by atoms with Crippen molar-refractivity contribution >= 4 is 17.7 Å². The van der Waals surface area contributed by atoms with Crippen LogP contribution in [-0.2, 0) is 11.8 Å². The van der Waals surface area contributed by atoms with Crippen molar-refractivity contribution in [3.05, 3.63) is 78.6 Å². The van der Waals surface area contributed by atoms with Crippen molar-refractivity contribution in [1.82, 2.24) is 19.4 Å². The van der Waals surface area contributed by atoms with Crippen LogP contribution in [0.2, 0.25) is 0 Å². The molecule has 0 aliphatic carbocycles. The molecule has 1 N–H and O–H groups in total. The summed E-state index contributed by atoms with van der Waals surface area (Å²) in [6.07, 6.45) is 10.4. The van der Waals surface area contributed by atoms with E-state index in [9.17, 15) is 4.79 Å². The van der Waals surface area contributed by atoms with E-state index < -0.39 is 0 Å². The molecule has 0 saturated carbocycles. The predicted octanol–water partition coefficient (Wildman–Crippen LogP) is 3.42. The number of aryl methyl sites for hydroxylation is 1. The largest absolute Gasteiger partial charge is 0.342 e. The van der Waals surface area contributed by atoms with Gasteiger partial charge in [0.2, 0.25) is 5.91 Å². The normalized spacial score (nSPS) is 13.3. The lowest BCUT2D eigenvalue weighted by molar-refractivity contribution is -0.125. The Labute approximate surface area is 158 Å². The van der Waals surface area contributed by atoms with Gasteiger partial charge in [0.05, 0.1) is 0 Å². The summed E-state index contributed by atoms with van der Waals surface area (Å²) in [5.74, 6) is 1.75. The van der Waals surface area contributed by atoms with Crippen LogP contribution in [0.15, 0.2) is 67.3 Å². The summed E-state index contributed by atoms with van der Waals surface area (Å²) in [5, 5.41) is 3.22. The number of thioether (sulfide) groups is 1. The second kappa shape index (κ2) is 8.76. The number of nitrogens with one attached hydrogen (secondary N) is 1. The van der Waals surface area contributed by atoms with Gasteiger partial charge in [-0.1, -0.05) is 30.3 Å². The molecule has 3 rings (SSSR count). The summed E-state index contributed by atoms with van der Waals surface area (Å²) in [6, 6.07) is 13.4. The molecule has 26 heavy (non-hydrogen) atoms. The third-order valence-electron chi connectivity index (χ3n) is 4.42. The van der Waals surface area contributed by atoms with Crippen LogP contribution in [0.5, 0.6) is 0 Å². The fourth-order valence-electron chi connectivity index (χ4n) is 3.04. The van der Waals surface area contributed by atoms with Crippen LogP contribution in [0.3, 0.4) is 0 Å². The standard InChI is InChI=1S/C20H24N4OS/c1-23-14-11-21-19(23)18(16-8-4-3-5-9-16)22-20(25)17(10-15-26-2)24-12-6-7-13-24/h3-9,11-14,17-18H,10,15H2,1-2H3,(H,22,25). The highest BCUT2D eigenvalue weighted by Crippen LogP contribution is 2.23. The van der Waals surface area contributed by atoms with Crippen LogP contribution in [0.1, 0.15) is 29.9 Å². The minimum absolute atomic E-state index is 0.00658. The third kappa shape index (κ3) is 4.19. The molecule has 0 bridgehead atoms. The van der Waals surface area contributed by atoms with E-state index in [1.807, 2.05) is 77.2 Å². The maximum atomic E-state index is 13.2. The number of carbonyl (C=O) groups excluding carboxylic acids is 1. The Bertz CT molecular complexity index is 813. The van der Waals surface area contributed by atoms with Crippen molar-refractivity contribution in [2.24, 2.45) is 7.05 Å². The highest BCUT2D eigenvalue weighted by molar-refractivity contribution is 7.98. The monoisotopic (exact) mass is 368 g/mol. The summed E-state index contributed by atoms with van der Waals surface area (Å²) < 4.78 is 3.93. The molecule has 0 radical (unpaired) electrons. The highest BCUT2D eigenvalue weighted by atomic mass is 32.2. The quantitative estimate of drug-likeness (QED) is 0.663. The molecular weight excluding hydrogens is 344 g/mol. The molecule has 2 heterocycles. The van der Waals surface area contributed by atoms with Crippen LogP contribution >= 0.6 is 11.8 Å². The van der Waals surface area contributed by atoms with Gasteiger partial charge in [-0.25, -0.2) is 4.98 Å². The molecule has 0 fully saturated rings.